The molecule has 2 atom stereocenters. The lowest BCUT2D eigenvalue weighted by Gasteiger charge is -2.21. The Labute approximate surface area is 132 Å². The maximum absolute atomic E-state index is 12.0. The molecule has 122 valence electrons. The van der Waals surface area contributed by atoms with Crippen molar-refractivity contribution in [2.75, 3.05) is 19.3 Å². The molecule has 2 N–H and O–H groups in total. The molecule has 0 aromatic heterocycles. The first-order valence-corrected chi connectivity index (χ1v) is 9.65. The second kappa shape index (κ2) is 7.74. The predicted octanol–water partition coefficient (Wildman–Crippen LogP) is 0.901. The molecule has 22 heavy (non-hydrogen) atoms. The molecule has 1 aromatic carbocycles. The molecular formula is C16H24N2O3S. The molecule has 0 spiro atoms. The molecule has 1 saturated heterocycles. The average molecular weight is 324 g/mol. The molecule has 1 amide bonds. The van der Waals surface area contributed by atoms with Crippen molar-refractivity contribution < 1.29 is 13.2 Å². The van der Waals surface area contributed by atoms with Gasteiger partial charge in [0.05, 0.1) is 5.25 Å². The van der Waals surface area contributed by atoms with Crippen LogP contribution in [0.2, 0.25) is 0 Å². The lowest BCUT2D eigenvalue weighted by atomic mass is 10.1. The zero-order valence-corrected chi connectivity index (χ0v) is 13.7. The van der Waals surface area contributed by atoms with Crippen molar-refractivity contribution in [2.24, 2.45) is 0 Å². The number of rotatable bonds is 7. The Morgan fingerprint density at radius 1 is 1.36 bits per heavy atom. The van der Waals surface area contributed by atoms with E-state index in [-0.39, 0.29) is 18.4 Å². The van der Waals surface area contributed by atoms with E-state index < -0.39 is 15.1 Å². The highest BCUT2D eigenvalue weighted by Gasteiger charge is 2.33. The Kier molecular flexibility index (Phi) is 5.97. The van der Waals surface area contributed by atoms with Crippen molar-refractivity contribution in [3.05, 3.63) is 35.9 Å². The van der Waals surface area contributed by atoms with E-state index in [4.69, 9.17) is 0 Å². The van der Waals surface area contributed by atoms with Crippen LogP contribution in [0.4, 0.5) is 0 Å². The number of carbonyl (C=O) groups is 1. The van der Waals surface area contributed by atoms with Crippen molar-refractivity contribution in [1.29, 1.82) is 0 Å². The summed E-state index contributed by atoms with van der Waals surface area (Å²) in [5, 5.41) is 5.38. The number of hydrogen-bond donors (Lipinski definition) is 2. The van der Waals surface area contributed by atoms with Crippen LogP contribution in [-0.2, 0) is 21.1 Å². The highest BCUT2D eigenvalue weighted by molar-refractivity contribution is 7.91. The third-order valence-electron chi connectivity index (χ3n) is 4.06. The van der Waals surface area contributed by atoms with Gasteiger partial charge in [0.15, 0.2) is 9.84 Å². The van der Waals surface area contributed by atoms with Gasteiger partial charge in [0.25, 0.3) is 0 Å². The quantitative estimate of drug-likeness (QED) is 0.781. The first kappa shape index (κ1) is 17.0. The number of sulfone groups is 1. The van der Waals surface area contributed by atoms with Crippen molar-refractivity contribution in [2.45, 2.75) is 37.0 Å². The normalized spacial score (nSPS) is 19.8. The van der Waals surface area contributed by atoms with Gasteiger partial charge >= 0.3 is 0 Å². The summed E-state index contributed by atoms with van der Waals surface area (Å²) in [6.45, 7) is 1.35. The van der Waals surface area contributed by atoms with Gasteiger partial charge in [-0.2, -0.15) is 0 Å². The van der Waals surface area contributed by atoms with Crippen LogP contribution in [-0.4, -0.2) is 45.0 Å². The van der Waals surface area contributed by atoms with E-state index in [9.17, 15) is 13.2 Å². The summed E-state index contributed by atoms with van der Waals surface area (Å²) < 4.78 is 23.9. The summed E-state index contributed by atoms with van der Waals surface area (Å²) in [6, 6.07) is 9.79. The molecule has 6 heteroatoms. The smallest absolute Gasteiger partial charge is 0.221 e. The molecule has 2 unspecified atom stereocenters. The zero-order valence-electron chi connectivity index (χ0n) is 12.9. The number of benzene rings is 1. The van der Waals surface area contributed by atoms with Gasteiger partial charge in [-0.05, 0) is 31.4 Å². The lowest BCUT2D eigenvalue weighted by molar-refractivity contribution is -0.121. The monoisotopic (exact) mass is 324 g/mol. The van der Waals surface area contributed by atoms with Gasteiger partial charge in [-0.3, -0.25) is 4.79 Å². The minimum absolute atomic E-state index is 0.0330. The number of hydrogen-bond acceptors (Lipinski definition) is 4. The molecule has 1 heterocycles. The maximum atomic E-state index is 12.0. The minimum Gasteiger partial charge on any atom is -0.356 e. The highest BCUT2D eigenvalue weighted by atomic mass is 32.2. The van der Waals surface area contributed by atoms with Gasteiger partial charge < -0.3 is 10.6 Å². The Bertz CT molecular complexity index is 581. The zero-order chi connectivity index (χ0) is 16.0. The van der Waals surface area contributed by atoms with Crippen molar-refractivity contribution in [3.8, 4) is 0 Å². The molecular weight excluding hydrogens is 300 g/mol. The fraction of sp³-hybridized carbons (Fsp3) is 0.562. The number of carbonyl (C=O) groups excluding carboxylic acids is 1. The molecule has 2 rings (SSSR count). The van der Waals surface area contributed by atoms with E-state index in [0.29, 0.717) is 6.54 Å². The van der Waals surface area contributed by atoms with Gasteiger partial charge in [0.2, 0.25) is 5.91 Å². The molecule has 0 radical (unpaired) electrons. The van der Waals surface area contributed by atoms with Crippen LogP contribution < -0.4 is 10.6 Å². The number of nitrogens with one attached hydrogen (secondary N) is 2. The predicted molar refractivity (Wildman–Crippen MR) is 87.4 cm³/mol. The van der Waals surface area contributed by atoms with Crippen LogP contribution in [0, 0.1) is 0 Å². The second-order valence-corrected chi connectivity index (χ2v) is 8.13. The van der Waals surface area contributed by atoms with E-state index in [0.717, 1.165) is 31.4 Å². The van der Waals surface area contributed by atoms with Gasteiger partial charge in [-0.15, -0.1) is 0 Å². The van der Waals surface area contributed by atoms with Crippen molar-refractivity contribution >= 4 is 15.7 Å². The van der Waals surface area contributed by atoms with E-state index in [1.807, 2.05) is 30.3 Å². The first-order chi connectivity index (χ1) is 10.5. The van der Waals surface area contributed by atoms with Crippen LogP contribution in [0.15, 0.2) is 30.3 Å². The summed E-state index contributed by atoms with van der Waals surface area (Å²) in [5.74, 6) is -0.194. The fourth-order valence-electron chi connectivity index (χ4n) is 2.87. The summed E-state index contributed by atoms with van der Waals surface area (Å²) in [5.41, 5.74) is 1.15. The van der Waals surface area contributed by atoms with Gasteiger partial charge in [-0.1, -0.05) is 30.3 Å². The second-order valence-electron chi connectivity index (χ2n) is 5.86. The number of amides is 1. The van der Waals surface area contributed by atoms with Crippen molar-refractivity contribution in [3.63, 3.8) is 0 Å². The molecule has 1 fully saturated rings. The maximum Gasteiger partial charge on any atom is 0.221 e. The fourth-order valence-corrected chi connectivity index (χ4v) is 4.15. The summed E-state index contributed by atoms with van der Waals surface area (Å²) in [6.07, 6.45) is 3.78. The minimum atomic E-state index is -3.24. The molecule has 5 nitrogen and oxygen atoms in total. The van der Waals surface area contributed by atoms with E-state index in [1.54, 1.807) is 0 Å². The standard InChI is InChI=1S/C16H24N2O3S/c1-22(20,21)15(14-8-5-10-17-14)12-16(19)18-11-9-13-6-3-2-4-7-13/h2-4,6-7,14-15,17H,5,8-12H2,1H3,(H,18,19). The summed E-state index contributed by atoms with van der Waals surface area (Å²) >= 11 is 0. The molecule has 1 aliphatic rings. The van der Waals surface area contributed by atoms with Crippen LogP contribution in [0.1, 0.15) is 24.8 Å². The van der Waals surface area contributed by atoms with Crippen molar-refractivity contribution in [1.82, 2.24) is 10.6 Å². The Morgan fingerprint density at radius 2 is 2.09 bits per heavy atom. The van der Waals surface area contributed by atoms with E-state index in [1.165, 1.54) is 6.26 Å². The molecule has 0 bridgehead atoms. The Morgan fingerprint density at radius 3 is 2.68 bits per heavy atom. The summed E-state index contributed by atoms with van der Waals surface area (Å²) in [7, 11) is -3.24. The van der Waals surface area contributed by atoms with E-state index in [2.05, 4.69) is 10.6 Å². The Balaban J connectivity index is 1.83. The molecule has 0 aliphatic carbocycles. The van der Waals surface area contributed by atoms with Gasteiger partial charge in [0, 0.05) is 25.3 Å². The van der Waals surface area contributed by atoms with Crippen LogP contribution in [0.3, 0.4) is 0 Å². The van der Waals surface area contributed by atoms with Gasteiger partial charge in [-0.25, -0.2) is 8.42 Å². The molecule has 1 aliphatic heterocycles. The SMILES string of the molecule is CS(=O)(=O)C(CC(=O)NCCc1ccccc1)C1CCCN1. The summed E-state index contributed by atoms with van der Waals surface area (Å²) in [4.78, 5) is 12.0. The topological polar surface area (TPSA) is 75.3 Å². The molecule has 0 saturated carbocycles. The largest absolute Gasteiger partial charge is 0.356 e. The van der Waals surface area contributed by atoms with E-state index >= 15 is 0 Å². The Hall–Kier alpha value is -1.40. The lowest BCUT2D eigenvalue weighted by Crippen LogP contribution is -2.43. The van der Waals surface area contributed by atoms with Crippen LogP contribution >= 0.6 is 0 Å². The van der Waals surface area contributed by atoms with Crippen LogP contribution in [0.25, 0.3) is 0 Å². The first-order valence-electron chi connectivity index (χ1n) is 7.69. The average Bonchev–Trinajstić information content (AvgIpc) is 2.98. The highest BCUT2D eigenvalue weighted by Crippen LogP contribution is 2.18. The molecule has 1 aromatic rings. The third kappa shape index (κ3) is 5.10. The third-order valence-corrected chi connectivity index (χ3v) is 5.66. The van der Waals surface area contributed by atoms with Gasteiger partial charge in [0.1, 0.15) is 0 Å². The van der Waals surface area contributed by atoms with Crippen LogP contribution in [0.5, 0.6) is 0 Å².